The molecular formula is C12H18N4O3. The number of rotatable bonds is 4. The molecule has 1 saturated carbocycles. The molecule has 0 aliphatic heterocycles. The Morgan fingerprint density at radius 1 is 1.47 bits per heavy atom. The van der Waals surface area contributed by atoms with Gasteiger partial charge in [0.15, 0.2) is 0 Å². The Hall–Kier alpha value is -2.05. The second-order valence-electron chi connectivity index (χ2n) is 4.88. The Labute approximate surface area is 111 Å². The standard InChI is InChI=1S/C12H18N4O3/c1-16-7-4-9(15-16)8-13-11(19)14-12(10(17)18)5-2-3-6-12/h4,7H,2-3,5-6,8H2,1H3,(H,17,18)(H2,13,14,19). The summed E-state index contributed by atoms with van der Waals surface area (Å²) >= 11 is 0. The Kier molecular flexibility index (Phi) is 3.73. The Morgan fingerprint density at radius 3 is 2.68 bits per heavy atom. The molecule has 0 unspecified atom stereocenters. The van der Waals surface area contributed by atoms with Crippen LogP contribution in [0.4, 0.5) is 4.79 Å². The van der Waals surface area contributed by atoms with Crippen molar-refractivity contribution in [3.05, 3.63) is 18.0 Å². The number of nitrogens with zero attached hydrogens (tertiary/aromatic N) is 2. The molecule has 0 aromatic carbocycles. The summed E-state index contributed by atoms with van der Waals surface area (Å²) in [5, 5.41) is 18.6. The van der Waals surface area contributed by atoms with Crippen molar-refractivity contribution < 1.29 is 14.7 Å². The second-order valence-corrected chi connectivity index (χ2v) is 4.88. The van der Waals surface area contributed by atoms with Crippen molar-refractivity contribution in [3.8, 4) is 0 Å². The Bertz CT molecular complexity index is 477. The number of carbonyl (C=O) groups is 2. The average molecular weight is 266 g/mol. The fraction of sp³-hybridized carbons (Fsp3) is 0.583. The van der Waals surface area contributed by atoms with Crippen LogP contribution in [0.25, 0.3) is 0 Å². The highest BCUT2D eigenvalue weighted by Crippen LogP contribution is 2.29. The molecule has 0 atom stereocenters. The van der Waals surface area contributed by atoms with Crippen LogP contribution in [-0.4, -0.2) is 32.4 Å². The first-order chi connectivity index (χ1) is 9.02. The van der Waals surface area contributed by atoms with Crippen molar-refractivity contribution in [1.82, 2.24) is 20.4 Å². The van der Waals surface area contributed by atoms with E-state index in [1.54, 1.807) is 24.0 Å². The second kappa shape index (κ2) is 5.29. The van der Waals surface area contributed by atoms with E-state index in [9.17, 15) is 14.7 Å². The summed E-state index contributed by atoms with van der Waals surface area (Å²) in [6.45, 7) is 0.280. The lowest BCUT2D eigenvalue weighted by molar-refractivity contribution is -0.144. The van der Waals surface area contributed by atoms with Crippen molar-refractivity contribution in [1.29, 1.82) is 0 Å². The van der Waals surface area contributed by atoms with Crippen LogP contribution in [0.5, 0.6) is 0 Å². The fourth-order valence-corrected chi connectivity index (χ4v) is 2.36. The van der Waals surface area contributed by atoms with Gasteiger partial charge in [-0.15, -0.1) is 0 Å². The van der Waals surface area contributed by atoms with Gasteiger partial charge >= 0.3 is 12.0 Å². The molecule has 3 N–H and O–H groups in total. The number of carboxylic acid groups (broad SMARTS) is 1. The average Bonchev–Trinajstić information content (AvgIpc) is 2.97. The molecule has 1 aromatic rings. The van der Waals surface area contributed by atoms with Gasteiger partial charge in [-0.25, -0.2) is 9.59 Å². The maximum Gasteiger partial charge on any atom is 0.329 e. The van der Waals surface area contributed by atoms with Crippen LogP contribution in [-0.2, 0) is 18.4 Å². The molecule has 1 aliphatic rings. The molecule has 1 fully saturated rings. The number of hydrogen-bond donors (Lipinski definition) is 3. The highest BCUT2D eigenvalue weighted by Gasteiger charge is 2.42. The van der Waals surface area contributed by atoms with Gasteiger partial charge in [0.1, 0.15) is 5.54 Å². The van der Waals surface area contributed by atoms with Gasteiger partial charge in [0.25, 0.3) is 0 Å². The predicted molar refractivity (Wildman–Crippen MR) is 67.4 cm³/mol. The quantitative estimate of drug-likeness (QED) is 0.744. The molecule has 0 radical (unpaired) electrons. The largest absolute Gasteiger partial charge is 0.480 e. The molecule has 0 saturated heterocycles. The summed E-state index contributed by atoms with van der Waals surface area (Å²) in [4.78, 5) is 23.0. The highest BCUT2D eigenvalue weighted by atomic mass is 16.4. The van der Waals surface area contributed by atoms with Crippen molar-refractivity contribution in [2.24, 2.45) is 7.05 Å². The first kappa shape index (κ1) is 13.4. The zero-order chi connectivity index (χ0) is 13.9. The lowest BCUT2D eigenvalue weighted by Crippen LogP contribution is -2.55. The van der Waals surface area contributed by atoms with Gasteiger partial charge in [0.2, 0.25) is 0 Å². The van der Waals surface area contributed by atoms with Gasteiger partial charge in [-0.3, -0.25) is 4.68 Å². The maximum absolute atomic E-state index is 11.8. The van der Waals surface area contributed by atoms with E-state index in [4.69, 9.17) is 0 Å². The molecule has 7 heteroatoms. The molecule has 7 nitrogen and oxygen atoms in total. The third-order valence-electron chi connectivity index (χ3n) is 3.42. The molecule has 1 aliphatic carbocycles. The smallest absolute Gasteiger partial charge is 0.329 e. The van der Waals surface area contributed by atoms with Gasteiger partial charge in [0.05, 0.1) is 12.2 Å². The number of carbonyl (C=O) groups excluding carboxylic acids is 1. The molecule has 104 valence electrons. The molecule has 2 amide bonds. The van der Waals surface area contributed by atoms with E-state index in [1.807, 2.05) is 0 Å². The first-order valence-corrected chi connectivity index (χ1v) is 6.30. The molecule has 19 heavy (non-hydrogen) atoms. The zero-order valence-electron chi connectivity index (χ0n) is 10.8. The van der Waals surface area contributed by atoms with Crippen molar-refractivity contribution in [3.63, 3.8) is 0 Å². The summed E-state index contributed by atoms with van der Waals surface area (Å²) < 4.78 is 1.64. The lowest BCUT2D eigenvalue weighted by atomic mass is 9.98. The van der Waals surface area contributed by atoms with Crippen LogP contribution in [0, 0.1) is 0 Å². The van der Waals surface area contributed by atoms with Gasteiger partial charge < -0.3 is 15.7 Å². The van der Waals surface area contributed by atoms with Crippen molar-refractivity contribution >= 4 is 12.0 Å². The zero-order valence-corrected chi connectivity index (χ0v) is 10.8. The highest BCUT2D eigenvalue weighted by molar-refractivity contribution is 5.86. The van der Waals surface area contributed by atoms with Crippen LogP contribution < -0.4 is 10.6 Å². The van der Waals surface area contributed by atoms with Crippen LogP contribution in [0.2, 0.25) is 0 Å². The minimum absolute atomic E-state index is 0.280. The number of nitrogens with one attached hydrogen (secondary N) is 2. The summed E-state index contributed by atoms with van der Waals surface area (Å²) in [6.07, 6.45) is 4.41. The minimum atomic E-state index is -1.10. The van der Waals surface area contributed by atoms with Crippen LogP contribution in [0.15, 0.2) is 12.3 Å². The van der Waals surface area contributed by atoms with Gasteiger partial charge in [0, 0.05) is 13.2 Å². The SMILES string of the molecule is Cn1ccc(CNC(=O)NC2(C(=O)O)CCCC2)n1. The van der Waals surface area contributed by atoms with E-state index in [-0.39, 0.29) is 6.54 Å². The number of aliphatic carboxylic acids is 1. The van der Waals surface area contributed by atoms with E-state index >= 15 is 0 Å². The molecule has 1 heterocycles. The van der Waals surface area contributed by atoms with Crippen molar-refractivity contribution in [2.75, 3.05) is 0 Å². The predicted octanol–water partition coefficient (Wildman–Crippen LogP) is 0.617. The fourth-order valence-electron chi connectivity index (χ4n) is 2.36. The lowest BCUT2D eigenvalue weighted by Gasteiger charge is -2.25. The van der Waals surface area contributed by atoms with Crippen LogP contribution in [0.1, 0.15) is 31.4 Å². The molecule has 0 spiro atoms. The summed E-state index contributed by atoms with van der Waals surface area (Å²) in [5.41, 5.74) is -0.373. The van der Waals surface area contributed by atoms with Crippen LogP contribution in [0.3, 0.4) is 0 Å². The number of urea groups is 1. The van der Waals surface area contributed by atoms with E-state index in [0.717, 1.165) is 18.5 Å². The number of aromatic nitrogens is 2. The van der Waals surface area contributed by atoms with E-state index in [1.165, 1.54) is 0 Å². The topological polar surface area (TPSA) is 96.2 Å². The van der Waals surface area contributed by atoms with Crippen molar-refractivity contribution in [2.45, 2.75) is 37.8 Å². The maximum atomic E-state index is 11.8. The van der Waals surface area contributed by atoms with Gasteiger partial charge in [-0.2, -0.15) is 5.10 Å². The number of amides is 2. The van der Waals surface area contributed by atoms with E-state index in [2.05, 4.69) is 15.7 Å². The van der Waals surface area contributed by atoms with E-state index in [0.29, 0.717) is 12.8 Å². The van der Waals surface area contributed by atoms with Gasteiger partial charge in [-0.05, 0) is 18.9 Å². The normalized spacial score (nSPS) is 17.1. The summed E-state index contributed by atoms with van der Waals surface area (Å²) in [7, 11) is 1.79. The number of aryl methyl sites for hydroxylation is 1. The Morgan fingerprint density at radius 2 is 2.16 bits per heavy atom. The van der Waals surface area contributed by atoms with Crippen LogP contribution >= 0.6 is 0 Å². The molecule has 2 rings (SSSR count). The Balaban J connectivity index is 1.88. The molecular weight excluding hydrogens is 248 g/mol. The number of hydrogen-bond acceptors (Lipinski definition) is 3. The monoisotopic (exact) mass is 266 g/mol. The third kappa shape index (κ3) is 3.04. The first-order valence-electron chi connectivity index (χ1n) is 6.30. The summed E-state index contributed by atoms with van der Waals surface area (Å²) in [5.74, 6) is -0.960. The number of carboxylic acids is 1. The van der Waals surface area contributed by atoms with Gasteiger partial charge in [-0.1, -0.05) is 12.8 Å². The summed E-state index contributed by atoms with van der Waals surface area (Å²) in [6, 6.07) is 1.33. The molecule has 1 aromatic heterocycles. The van der Waals surface area contributed by atoms with E-state index < -0.39 is 17.5 Å². The molecule has 0 bridgehead atoms. The third-order valence-corrected chi connectivity index (χ3v) is 3.42. The minimum Gasteiger partial charge on any atom is -0.480 e.